The summed E-state index contributed by atoms with van der Waals surface area (Å²) >= 11 is 0. The summed E-state index contributed by atoms with van der Waals surface area (Å²) in [7, 11) is 0. The van der Waals surface area contributed by atoms with Crippen molar-refractivity contribution in [3.8, 4) is 16.9 Å². The summed E-state index contributed by atoms with van der Waals surface area (Å²) in [6, 6.07) is 16.7. The first kappa shape index (κ1) is 12.5. The third-order valence-electron chi connectivity index (χ3n) is 4.81. The first-order valence-corrected chi connectivity index (χ1v) is 7.37. The summed E-state index contributed by atoms with van der Waals surface area (Å²) < 4.78 is 0. The van der Waals surface area contributed by atoms with E-state index in [9.17, 15) is 5.11 Å². The monoisotopic (exact) mass is 274 g/mol. The average Bonchev–Trinajstić information content (AvgIpc) is 2.68. The Kier molecular flexibility index (Phi) is 2.30. The van der Waals surface area contributed by atoms with Crippen molar-refractivity contribution in [2.24, 2.45) is 0 Å². The molecular formula is C20H18O. The smallest absolute Gasteiger partial charge is 0.123 e. The molecule has 3 aromatic rings. The fraction of sp³-hybridized carbons (Fsp3) is 0.200. The van der Waals surface area contributed by atoms with Crippen molar-refractivity contribution >= 4 is 10.8 Å². The molecule has 0 saturated heterocycles. The minimum absolute atomic E-state index is 0.0712. The molecule has 3 aromatic carbocycles. The van der Waals surface area contributed by atoms with E-state index in [-0.39, 0.29) is 5.41 Å². The van der Waals surface area contributed by atoms with Gasteiger partial charge in [-0.15, -0.1) is 0 Å². The number of phenolic OH excluding ortho intramolecular Hbond substituents is 1. The highest BCUT2D eigenvalue weighted by Crippen LogP contribution is 2.53. The predicted octanol–water partition coefficient (Wildman–Crippen LogP) is 5.16. The van der Waals surface area contributed by atoms with Crippen LogP contribution in [0.4, 0.5) is 0 Å². The minimum Gasteiger partial charge on any atom is -0.507 e. The SMILES string of the molecule is Cc1ccc2c(c1)C(C)(C)c1cc(O)c3ccccc3c1-2. The molecule has 1 N–H and O–H groups in total. The zero-order chi connectivity index (χ0) is 14.8. The summed E-state index contributed by atoms with van der Waals surface area (Å²) in [6.45, 7) is 6.62. The highest BCUT2D eigenvalue weighted by atomic mass is 16.3. The van der Waals surface area contributed by atoms with Crippen molar-refractivity contribution in [1.29, 1.82) is 0 Å². The number of hydrogen-bond acceptors (Lipinski definition) is 1. The van der Waals surface area contributed by atoms with Crippen LogP contribution in [0.1, 0.15) is 30.5 Å². The molecule has 0 heterocycles. The standard InChI is InChI=1S/C20H18O/c1-12-8-9-15-16(10-12)20(2,3)17-11-18(21)13-6-4-5-7-14(13)19(15)17/h4-11,21H,1-3H3. The second-order valence-electron chi connectivity index (χ2n) is 6.54. The van der Waals surface area contributed by atoms with E-state index < -0.39 is 0 Å². The summed E-state index contributed by atoms with van der Waals surface area (Å²) in [5.74, 6) is 0.377. The van der Waals surface area contributed by atoms with E-state index >= 15 is 0 Å². The number of aryl methyl sites for hydroxylation is 1. The van der Waals surface area contributed by atoms with Gasteiger partial charge in [0.15, 0.2) is 0 Å². The normalized spacial score (nSPS) is 15.0. The Labute approximate surface area is 124 Å². The third-order valence-corrected chi connectivity index (χ3v) is 4.81. The van der Waals surface area contributed by atoms with Crippen LogP contribution >= 0.6 is 0 Å². The molecule has 0 atom stereocenters. The van der Waals surface area contributed by atoms with Crippen molar-refractivity contribution in [3.63, 3.8) is 0 Å². The van der Waals surface area contributed by atoms with E-state index in [1.165, 1.54) is 27.8 Å². The molecule has 21 heavy (non-hydrogen) atoms. The van der Waals surface area contributed by atoms with Crippen LogP contribution in [0.5, 0.6) is 5.75 Å². The second-order valence-corrected chi connectivity index (χ2v) is 6.54. The molecular weight excluding hydrogens is 256 g/mol. The zero-order valence-electron chi connectivity index (χ0n) is 12.6. The van der Waals surface area contributed by atoms with Gasteiger partial charge in [-0.3, -0.25) is 0 Å². The quantitative estimate of drug-likeness (QED) is 0.600. The molecule has 0 amide bonds. The van der Waals surface area contributed by atoms with Crippen LogP contribution in [0.15, 0.2) is 48.5 Å². The largest absolute Gasteiger partial charge is 0.507 e. The van der Waals surface area contributed by atoms with Crippen molar-refractivity contribution in [2.75, 3.05) is 0 Å². The van der Waals surface area contributed by atoms with Gasteiger partial charge in [-0.2, -0.15) is 0 Å². The van der Waals surface area contributed by atoms with Crippen LogP contribution in [0.2, 0.25) is 0 Å². The van der Waals surface area contributed by atoms with Gasteiger partial charge in [-0.05, 0) is 40.6 Å². The Balaban J connectivity index is 2.22. The van der Waals surface area contributed by atoms with Crippen LogP contribution in [0.3, 0.4) is 0 Å². The minimum atomic E-state index is -0.0712. The van der Waals surface area contributed by atoms with E-state index in [0.29, 0.717) is 5.75 Å². The van der Waals surface area contributed by atoms with Gasteiger partial charge in [0.05, 0.1) is 0 Å². The van der Waals surface area contributed by atoms with Crippen molar-refractivity contribution in [3.05, 3.63) is 65.2 Å². The molecule has 104 valence electrons. The average molecular weight is 274 g/mol. The van der Waals surface area contributed by atoms with Gasteiger partial charge in [-0.1, -0.05) is 61.9 Å². The Morgan fingerprint density at radius 2 is 1.57 bits per heavy atom. The van der Waals surface area contributed by atoms with Crippen molar-refractivity contribution < 1.29 is 5.11 Å². The fourth-order valence-corrected chi connectivity index (χ4v) is 3.68. The first-order chi connectivity index (χ1) is 10.00. The highest BCUT2D eigenvalue weighted by Gasteiger charge is 2.37. The van der Waals surface area contributed by atoms with Gasteiger partial charge in [0.1, 0.15) is 5.75 Å². The number of phenols is 1. The van der Waals surface area contributed by atoms with Crippen LogP contribution < -0.4 is 0 Å². The fourth-order valence-electron chi connectivity index (χ4n) is 3.68. The molecule has 1 nitrogen and oxygen atoms in total. The summed E-state index contributed by atoms with van der Waals surface area (Å²) in [4.78, 5) is 0. The molecule has 0 saturated carbocycles. The molecule has 1 aliphatic rings. The molecule has 4 rings (SSSR count). The van der Waals surface area contributed by atoms with Gasteiger partial charge >= 0.3 is 0 Å². The lowest BCUT2D eigenvalue weighted by molar-refractivity contribution is 0.479. The lowest BCUT2D eigenvalue weighted by Crippen LogP contribution is -2.15. The molecule has 0 fully saturated rings. The number of benzene rings is 3. The van der Waals surface area contributed by atoms with E-state index in [1.54, 1.807) is 0 Å². The lowest BCUT2D eigenvalue weighted by Gasteiger charge is -2.22. The number of rotatable bonds is 0. The maximum absolute atomic E-state index is 10.4. The van der Waals surface area contributed by atoms with E-state index in [4.69, 9.17) is 0 Å². The maximum atomic E-state index is 10.4. The van der Waals surface area contributed by atoms with Gasteiger partial charge in [0, 0.05) is 10.8 Å². The first-order valence-electron chi connectivity index (χ1n) is 7.37. The molecule has 1 heteroatoms. The third kappa shape index (κ3) is 1.52. The highest BCUT2D eigenvalue weighted by molar-refractivity contribution is 6.05. The van der Waals surface area contributed by atoms with Crippen LogP contribution in [-0.2, 0) is 5.41 Å². The molecule has 0 bridgehead atoms. The molecule has 0 radical (unpaired) electrons. The van der Waals surface area contributed by atoms with Gasteiger partial charge in [-0.25, -0.2) is 0 Å². The van der Waals surface area contributed by atoms with Crippen LogP contribution in [-0.4, -0.2) is 5.11 Å². The second kappa shape index (κ2) is 3.88. The molecule has 0 spiro atoms. The Hall–Kier alpha value is -2.28. The molecule has 0 aliphatic heterocycles. The van der Waals surface area contributed by atoms with Crippen molar-refractivity contribution in [1.82, 2.24) is 0 Å². The Bertz CT molecular complexity index is 888. The zero-order valence-corrected chi connectivity index (χ0v) is 12.6. The van der Waals surface area contributed by atoms with E-state index in [2.05, 4.69) is 45.0 Å². The number of hydrogen-bond donors (Lipinski definition) is 1. The van der Waals surface area contributed by atoms with Gasteiger partial charge < -0.3 is 5.11 Å². The summed E-state index contributed by atoms with van der Waals surface area (Å²) in [5, 5.41) is 12.5. The summed E-state index contributed by atoms with van der Waals surface area (Å²) in [5.41, 5.74) is 6.37. The molecule has 0 aromatic heterocycles. The number of fused-ring (bicyclic) bond motifs is 5. The predicted molar refractivity (Wildman–Crippen MR) is 87.9 cm³/mol. The topological polar surface area (TPSA) is 20.2 Å². The number of aromatic hydroxyl groups is 1. The molecule has 0 unspecified atom stereocenters. The van der Waals surface area contributed by atoms with E-state index in [0.717, 1.165) is 10.8 Å². The lowest BCUT2D eigenvalue weighted by atomic mass is 9.81. The van der Waals surface area contributed by atoms with E-state index in [1.807, 2.05) is 24.3 Å². The summed E-state index contributed by atoms with van der Waals surface area (Å²) in [6.07, 6.45) is 0. The van der Waals surface area contributed by atoms with Gasteiger partial charge in [0.2, 0.25) is 0 Å². The Morgan fingerprint density at radius 1 is 0.857 bits per heavy atom. The van der Waals surface area contributed by atoms with Crippen molar-refractivity contribution in [2.45, 2.75) is 26.2 Å². The molecule has 1 aliphatic carbocycles. The Morgan fingerprint density at radius 3 is 2.33 bits per heavy atom. The maximum Gasteiger partial charge on any atom is 0.123 e. The van der Waals surface area contributed by atoms with Crippen LogP contribution in [0.25, 0.3) is 21.9 Å². The van der Waals surface area contributed by atoms with Gasteiger partial charge in [0.25, 0.3) is 0 Å². The van der Waals surface area contributed by atoms with Crippen LogP contribution in [0, 0.1) is 6.92 Å².